The molecule has 0 heterocycles. The number of hydrogen-bond donors (Lipinski definition) is 4. The van der Waals surface area contributed by atoms with E-state index in [2.05, 4.69) is 0 Å². The molecule has 4 atom stereocenters. The third kappa shape index (κ3) is 5.51. The summed E-state index contributed by atoms with van der Waals surface area (Å²) in [5.74, 6) is 0.618. The van der Waals surface area contributed by atoms with Crippen LogP contribution in [0, 0.1) is 0 Å². The average molecular weight is 300 g/mol. The Balaban J connectivity index is 2.72. The summed E-state index contributed by atoms with van der Waals surface area (Å²) in [6.45, 7) is 2.81. The number of phenolic OH excluding ortho intramolecular Hbond substituents is 1. The topological polar surface area (TPSA) is 99.4 Å². The third-order valence-corrected chi connectivity index (χ3v) is 3.19. The predicted octanol–water partition coefficient (Wildman–Crippen LogP) is 0.669. The molecule has 0 fully saturated rings. The van der Waals surface area contributed by atoms with E-state index in [0.29, 0.717) is 12.2 Å². The largest absolute Gasteiger partial charge is 0.508 e. The molecule has 21 heavy (non-hydrogen) atoms. The maximum atomic E-state index is 9.52. The summed E-state index contributed by atoms with van der Waals surface area (Å²) in [7, 11) is 0. The van der Waals surface area contributed by atoms with Crippen LogP contribution in [0.3, 0.4) is 0 Å². The molecule has 0 saturated carbocycles. The Morgan fingerprint density at radius 1 is 1.00 bits per heavy atom. The first-order valence-electron chi connectivity index (χ1n) is 7.02. The lowest BCUT2D eigenvalue weighted by Crippen LogP contribution is -2.43. The highest BCUT2D eigenvalue weighted by atomic mass is 16.6. The van der Waals surface area contributed by atoms with Gasteiger partial charge in [0.1, 0.15) is 23.7 Å². The summed E-state index contributed by atoms with van der Waals surface area (Å²) in [5.41, 5.74) is 0. The van der Waals surface area contributed by atoms with Crippen molar-refractivity contribution in [1.29, 1.82) is 0 Å². The summed E-state index contributed by atoms with van der Waals surface area (Å²) in [6.07, 6.45) is -2.11. The van der Waals surface area contributed by atoms with Crippen molar-refractivity contribution < 1.29 is 29.9 Å². The van der Waals surface area contributed by atoms with Crippen molar-refractivity contribution in [1.82, 2.24) is 0 Å². The maximum Gasteiger partial charge on any atom is 0.148 e. The molecular formula is C15H24O6. The van der Waals surface area contributed by atoms with Gasteiger partial charge in [-0.25, -0.2) is 0 Å². The number of phenols is 1. The minimum Gasteiger partial charge on any atom is -0.508 e. The molecule has 0 saturated heterocycles. The molecule has 1 aromatic rings. The molecule has 6 heteroatoms. The second kappa shape index (κ2) is 8.84. The first-order chi connectivity index (χ1) is 10.0. The van der Waals surface area contributed by atoms with E-state index in [0.717, 1.165) is 0 Å². The number of aliphatic hydroxyl groups is 3. The number of ether oxygens (including phenoxy) is 2. The second-order valence-corrected chi connectivity index (χ2v) is 4.88. The summed E-state index contributed by atoms with van der Waals surface area (Å²) >= 11 is 0. The van der Waals surface area contributed by atoms with Crippen LogP contribution in [0.5, 0.6) is 11.5 Å². The van der Waals surface area contributed by atoms with Crippen molar-refractivity contribution in [2.24, 2.45) is 0 Å². The van der Waals surface area contributed by atoms with Gasteiger partial charge in [0.05, 0.1) is 25.4 Å². The van der Waals surface area contributed by atoms with Crippen LogP contribution in [-0.4, -0.2) is 58.1 Å². The Labute approximate surface area is 124 Å². The minimum atomic E-state index is -0.822. The Hall–Kier alpha value is -1.34. The quantitative estimate of drug-likeness (QED) is 0.535. The molecule has 1 rings (SSSR count). The van der Waals surface area contributed by atoms with Crippen molar-refractivity contribution in [2.75, 3.05) is 13.2 Å². The molecule has 1 aromatic carbocycles. The van der Waals surface area contributed by atoms with E-state index >= 15 is 0 Å². The third-order valence-electron chi connectivity index (χ3n) is 3.19. The standard InChI is InChI=1S/C15H24O6/c1-3-13(21-14(8-16)10(2)18)15(9-17)20-12-6-4-11(19)5-7-12/h4-7,10,13-19H,3,8-9H2,1-2H3. The molecule has 120 valence electrons. The first kappa shape index (κ1) is 17.7. The normalized spacial score (nSPS) is 17.0. The second-order valence-electron chi connectivity index (χ2n) is 4.88. The van der Waals surface area contributed by atoms with Crippen molar-refractivity contribution in [3.63, 3.8) is 0 Å². The predicted molar refractivity (Wildman–Crippen MR) is 77.3 cm³/mol. The fourth-order valence-corrected chi connectivity index (χ4v) is 1.91. The molecule has 0 aliphatic carbocycles. The lowest BCUT2D eigenvalue weighted by atomic mass is 10.1. The Morgan fingerprint density at radius 3 is 2.00 bits per heavy atom. The van der Waals surface area contributed by atoms with Crippen molar-refractivity contribution >= 4 is 0 Å². The number of aromatic hydroxyl groups is 1. The van der Waals surface area contributed by atoms with E-state index in [4.69, 9.17) is 9.47 Å². The van der Waals surface area contributed by atoms with Crippen LogP contribution in [0.1, 0.15) is 20.3 Å². The van der Waals surface area contributed by atoms with Crippen LogP contribution in [0.25, 0.3) is 0 Å². The Morgan fingerprint density at radius 2 is 1.57 bits per heavy atom. The van der Waals surface area contributed by atoms with Gasteiger partial charge in [0, 0.05) is 0 Å². The molecule has 4 unspecified atom stereocenters. The van der Waals surface area contributed by atoms with E-state index < -0.39 is 24.4 Å². The van der Waals surface area contributed by atoms with Crippen LogP contribution >= 0.6 is 0 Å². The van der Waals surface area contributed by atoms with Crippen molar-refractivity contribution in [3.05, 3.63) is 24.3 Å². The molecule has 0 amide bonds. The van der Waals surface area contributed by atoms with Crippen molar-refractivity contribution in [3.8, 4) is 11.5 Å². The van der Waals surface area contributed by atoms with E-state index in [1.54, 1.807) is 12.1 Å². The summed E-state index contributed by atoms with van der Waals surface area (Å²) < 4.78 is 11.3. The van der Waals surface area contributed by atoms with E-state index in [9.17, 15) is 20.4 Å². The van der Waals surface area contributed by atoms with Gasteiger partial charge >= 0.3 is 0 Å². The van der Waals surface area contributed by atoms with Crippen LogP contribution < -0.4 is 4.74 Å². The van der Waals surface area contributed by atoms with E-state index in [1.165, 1.54) is 19.1 Å². The Bertz CT molecular complexity index is 392. The zero-order valence-electron chi connectivity index (χ0n) is 12.3. The number of rotatable bonds is 9. The fraction of sp³-hybridized carbons (Fsp3) is 0.600. The molecule has 4 N–H and O–H groups in total. The lowest BCUT2D eigenvalue weighted by molar-refractivity contribution is -0.129. The molecule has 0 spiro atoms. The van der Waals surface area contributed by atoms with Gasteiger partial charge in [-0.1, -0.05) is 6.92 Å². The van der Waals surface area contributed by atoms with Gasteiger partial charge in [0.15, 0.2) is 0 Å². The maximum absolute atomic E-state index is 9.52. The average Bonchev–Trinajstić information content (AvgIpc) is 2.48. The van der Waals surface area contributed by atoms with E-state index in [-0.39, 0.29) is 19.0 Å². The number of benzene rings is 1. The molecular weight excluding hydrogens is 276 g/mol. The van der Waals surface area contributed by atoms with Gasteiger partial charge in [-0.05, 0) is 37.6 Å². The summed E-state index contributed by atoms with van der Waals surface area (Å²) in [6, 6.07) is 6.14. The highest BCUT2D eigenvalue weighted by molar-refractivity contribution is 5.30. The molecule has 0 bridgehead atoms. The van der Waals surface area contributed by atoms with Crippen LogP contribution in [0.15, 0.2) is 24.3 Å². The molecule has 0 aliphatic rings. The van der Waals surface area contributed by atoms with Crippen molar-refractivity contribution in [2.45, 2.75) is 44.7 Å². The fourth-order valence-electron chi connectivity index (χ4n) is 1.91. The van der Waals surface area contributed by atoms with Gasteiger partial charge in [0.25, 0.3) is 0 Å². The lowest BCUT2D eigenvalue weighted by Gasteiger charge is -2.30. The Kier molecular flexibility index (Phi) is 7.45. The van der Waals surface area contributed by atoms with Crippen LogP contribution in [-0.2, 0) is 4.74 Å². The van der Waals surface area contributed by atoms with Gasteiger partial charge in [-0.3, -0.25) is 0 Å². The molecule has 0 aliphatic heterocycles. The van der Waals surface area contributed by atoms with Gasteiger partial charge in [0.2, 0.25) is 0 Å². The SMILES string of the molecule is CCC(OC(CO)C(C)O)C(CO)Oc1ccc(O)cc1. The smallest absolute Gasteiger partial charge is 0.148 e. The molecule has 6 nitrogen and oxygen atoms in total. The van der Waals surface area contributed by atoms with Gasteiger partial charge in [-0.2, -0.15) is 0 Å². The van der Waals surface area contributed by atoms with Crippen LogP contribution in [0.2, 0.25) is 0 Å². The molecule has 0 radical (unpaired) electrons. The van der Waals surface area contributed by atoms with Gasteiger partial charge in [-0.15, -0.1) is 0 Å². The number of aliphatic hydroxyl groups excluding tert-OH is 3. The van der Waals surface area contributed by atoms with E-state index in [1.807, 2.05) is 6.92 Å². The van der Waals surface area contributed by atoms with Crippen LogP contribution in [0.4, 0.5) is 0 Å². The zero-order chi connectivity index (χ0) is 15.8. The zero-order valence-corrected chi connectivity index (χ0v) is 12.3. The summed E-state index contributed by atoms with van der Waals surface area (Å²) in [4.78, 5) is 0. The number of hydrogen-bond acceptors (Lipinski definition) is 6. The highest BCUT2D eigenvalue weighted by Gasteiger charge is 2.27. The molecule has 0 aromatic heterocycles. The highest BCUT2D eigenvalue weighted by Crippen LogP contribution is 2.20. The summed E-state index contributed by atoms with van der Waals surface area (Å²) in [5, 5.41) is 37.4. The van der Waals surface area contributed by atoms with Gasteiger partial charge < -0.3 is 29.9 Å². The first-order valence-corrected chi connectivity index (χ1v) is 7.02. The minimum absolute atomic E-state index is 0.126. The monoisotopic (exact) mass is 300 g/mol.